The molecule has 5 rings (SSSR count). The first-order valence-corrected chi connectivity index (χ1v) is 13.7. The molecule has 34 heavy (non-hydrogen) atoms. The topological polar surface area (TPSA) is 70.2 Å². The molecule has 0 spiro atoms. The number of ether oxygens (including phenoxy) is 1. The number of carbonyl (C=O) groups excluding carboxylic acids is 1. The number of sulfonamides is 1. The molecule has 0 bridgehead atoms. The van der Waals surface area contributed by atoms with Crippen LogP contribution in [0.25, 0.3) is 0 Å². The van der Waals surface area contributed by atoms with Crippen molar-refractivity contribution >= 4 is 15.9 Å². The SMILES string of the molecule is Cc1ccc(S(=O)(=O)N2CCC(C(=O)N3CCN(Cc4ccc5c(c4)CCO5)CC3)CC2)cc1. The van der Waals surface area contributed by atoms with Gasteiger partial charge in [0.05, 0.1) is 11.5 Å². The van der Waals surface area contributed by atoms with Crippen LogP contribution >= 0.6 is 0 Å². The zero-order valence-corrected chi connectivity index (χ0v) is 20.6. The zero-order valence-electron chi connectivity index (χ0n) is 19.8. The van der Waals surface area contributed by atoms with E-state index in [9.17, 15) is 13.2 Å². The highest BCUT2D eigenvalue weighted by molar-refractivity contribution is 7.89. The number of nitrogens with zero attached hydrogens (tertiary/aromatic N) is 3. The van der Waals surface area contributed by atoms with Gasteiger partial charge in [0.1, 0.15) is 5.75 Å². The van der Waals surface area contributed by atoms with Gasteiger partial charge >= 0.3 is 0 Å². The van der Waals surface area contributed by atoms with Crippen LogP contribution in [0.3, 0.4) is 0 Å². The van der Waals surface area contributed by atoms with Gasteiger partial charge in [-0.2, -0.15) is 4.31 Å². The fraction of sp³-hybridized carbons (Fsp3) is 0.500. The van der Waals surface area contributed by atoms with Gasteiger partial charge in [-0.15, -0.1) is 0 Å². The van der Waals surface area contributed by atoms with Gasteiger partial charge in [-0.05, 0) is 49.1 Å². The minimum absolute atomic E-state index is 0.0901. The van der Waals surface area contributed by atoms with Crippen molar-refractivity contribution in [2.75, 3.05) is 45.9 Å². The molecular formula is C26H33N3O4S. The Kier molecular flexibility index (Phi) is 6.64. The highest BCUT2D eigenvalue weighted by atomic mass is 32.2. The largest absolute Gasteiger partial charge is 0.493 e. The maximum atomic E-state index is 13.1. The van der Waals surface area contributed by atoms with Gasteiger partial charge in [0.2, 0.25) is 15.9 Å². The van der Waals surface area contributed by atoms with Gasteiger partial charge in [0.15, 0.2) is 0 Å². The van der Waals surface area contributed by atoms with Gasteiger partial charge in [0, 0.05) is 58.2 Å². The maximum absolute atomic E-state index is 13.1. The van der Waals surface area contributed by atoms with E-state index in [1.54, 1.807) is 12.1 Å². The molecule has 2 aromatic carbocycles. The first-order valence-electron chi connectivity index (χ1n) is 12.2. The zero-order chi connectivity index (χ0) is 23.7. The molecule has 0 unspecified atom stereocenters. The molecule has 0 N–H and O–H groups in total. The number of benzene rings is 2. The van der Waals surface area contributed by atoms with Crippen molar-refractivity contribution in [1.82, 2.24) is 14.1 Å². The summed E-state index contributed by atoms with van der Waals surface area (Å²) < 4.78 is 33.0. The monoisotopic (exact) mass is 483 g/mol. The van der Waals surface area contributed by atoms with E-state index in [2.05, 4.69) is 23.1 Å². The van der Waals surface area contributed by atoms with Crippen molar-refractivity contribution in [2.45, 2.75) is 37.6 Å². The minimum Gasteiger partial charge on any atom is -0.493 e. The molecule has 0 saturated carbocycles. The van der Waals surface area contributed by atoms with E-state index >= 15 is 0 Å². The van der Waals surface area contributed by atoms with Crippen LogP contribution in [-0.4, -0.2) is 74.3 Å². The van der Waals surface area contributed by atoms with E-state index in [1.807, 2.05) is 24.0 Å². The van der Waals surface area contributed by atoms with E-state index in [1.165, 1.54) is 15.4 Å². The summed E-state index contributed by atoms with van der Waals surface area (Å²) in [6.07, 6.45) is 2.15. The normalized spacial score (nSPS) is 20.2. The number of piperidine rings is 1. The van der Waals surface area contributed by atoms with Crippen molar-refractivity contribution in [3.05, 3.63) is 59.2 Å². The van der Waals surface area contributed by atoms with Crippen molar-refractivity contribution < 1.29 is 17.9 Å². The van der Waals surface area contributed by atoms with Crippen LogP contribution in [0.1, 0.15) is 29.5 Å². The van der Waals surface area contributed by atoms with Gasteiger partial charge in [0.25, 0.3) is 0 Å². The molecule has 3 heterocycles. The third-order valence-corrected chi connectivity index (χ3v) is 9.22. The lowest BCUT2D eigenvalue weighted by Crippen LogP contribution is -2.51. The molecule has 0 aliphatic carbocycles. The second-order valence-corrected chi connectivity index (χ2v) is 11.6. The lowest BCUT2D eigenvalue weighted by Gasteiger charge is -2.38. The van der Waals surface area contributed by atoms with Gasteiger partial charge in [-0.25, -0.2) is 8.42 Å². The molecule has 2 saturated heterocycles. The van der Waals surface area contributed by atoms with Crippen LogP contribution in [0.4, 0.5) is 0 Å². The Morgan fingerprint density at radius 2 is 1.68 bits per heavy atom. The number of aryl methyl sites for hydroxylation is 1. The van der Waals surface area contributed by atoms with Crippen molar-refractivity contribution in [1.29, 1.82) is 0 Å². The number of fused-ring (bicyclic) bond motifs is 1. The number of carbonyl (C=O) groups is 1. The average molecular weight is 484 g/mol. The van der Waals surface area contributed by atoms with E-state index in [0.29, 0.717) is 30.8 Å². The fourth-order valence-electron chi connectivity index (χ4n) is 5.18. The fourth-order valence-corrected chi connectivity index (χ4v) is 6.65. The number of amides is 1. The predicted molar refractivity (Wildman–Crippen MR) is 130 cm³/mol. The standard InChI is InChI=1S/C26H33N3O4S/c1-20-2-5-24(6-3-20)34(31,32)29-11-8-22(9-12-29)26(30)28-15-13-27(14-16-28)19-21-4-7-25-23(18-21)10-17-33-25/h2-7,18,22H,8-17,19H2,1H3. The number of piperazine rings is 1. The maximum Gasteiger partial charge on any atom is 0.243 e. The molecule has 7 nitrogen and oxygen atoms in total. The van der Waals surface area contributed by atoms with Crippen LogP contribution in [0, 0.1) is 12.8 Å². The van der Waals surface area contributed by atoms with Crippen molar-refractivity contribution in [2.24, 2.45) is 5.92 Å². The lowest BCUT2D eigenvalue weighted by atomic mass is 9.96. The third-order valence-electron chi connectivity index (χ3n) is 7.31. The first-order chi connectivity index (χ1) is 16.4. The van der Waals surface area contributed by atoms with Crippen molar-refractivity contribution in [3.63, 3.8) is 0 Å². The van der Waals surface area contributed by atoms with E-state index in [0.717, 1.165) is 57.1 Å². The predicted octanol–water partition coefficient (Wildman–Crippen LogP) is 2.68. The van der Waals surface area contributed by atoms with Crippen LogP contribution in [0.15, 0.2) is 47.4 Å². The second-order valence-electron chi connectivity index (χ2n) is 9.63. The molecule has 0 atom stereocenters. The Hall–Kier alpha value is -2.42. The third kappa shape index (κ3) is 4.85. The smallest absolute Gasteiger partial charge is 0.243 e. The quantitative estimate of drug-likeness (QED) is 0.654. The van der Waals surface area contributed by atoms with E-state index < -0.39 is 10.0 Å². The Balaban J connectivity index is 1.11. The van der Waals surface area contributed by atoms with E-state index in [-0.39, 0.29) is 11.8 Å². The Morgan fingerprint density at radius 1 is 0.971 bits per heavy atom. The number of rotatable bonds is 5. The first kappa shape index (κ1) is 23.3. The van der Waals surface area contributed by atoms with Crippen molar-refractivity contribution in [3.8, 4) is 5.75 Å². The highest BCUT2D eigenvalue weighted by Crippen LogP contribution is 2.28. The molecule has 1 amide bonds. The molecular weight excluding hydrogens is 450 g/mol. The summed E-state index contributed by atoms with van der Waals surface area (Å²) in [5, 5.41) is 0. The lowest BCUT2D eigenvalue weighted by molar-refractivity contribution is -0.138. The number of hydrogen-bond acceptors (Lipinski definition) is 5. The molecule has 182 valence electrons. The summed E-state index contributed by atoms with van der Waals surface area (Å²) in [4.78, 5) is 17.8. The minimum atomic E-state index is -3.50. The highest BCUT2D eigenvalue weighted by Gasteiger charge is 2.34. The summed E-state index contributed by atoms with van der Waals surface area (Å²) >= 11 is 0. The summed E-state index contributed by atoms with van der Waals surface area (Å²) in [6, 6.07) is 13.4. The van der Waals surface area contributed by atoms with Crippen LogP contribution in [-0.2, 0) is 27.8 Å². The van der Waals surface area contributed by atoms with Gasteiger partial charge in [-0.1, -0.05) is 29.8 Å². The molecule has 2 fully saturated rings. The molecule has 0 aromatic heterocycles. The molecule has 0 radical (unpaired) electrons. The Bertz CT molecular complexity index is 1130. The Labute approximate surface area is 202 Å². The molecule has 8 heteroatoms. The van der Waals surface area contributed by atoms with Crippen LogP contribution in [0.2, 0.25) is 0 Å². The molecule has 3 aliphatic heterocycles. The second kappa shape index (κ2) is 9.68. The summed E-state index contributed by atoms with van der Waals surface area (Å²) in [6.45, 7) is 7.59. The summed E-state index contributed by atoms with van der Waals surface area (Å²) in [7, 11) is -3.50. The van der Waals surface area contributed by atoms with Crippen LogP contribution in [0.5, 0.6) is 5.75 Å². The summed E-state index contributed by atoms with van der Waals surface area (Å²) in [5.74, 6) is 1.10. The summed E-state index contributed by atoms with van der Waals surface area (Å²) in [5.41, 5.74) is 3.62. The van der Waals surface area contributed by atoms with Gasteiger partial charge in [-0.3, -0.25) is 9.69 Å². The van der Waals surface area contributed by atoms with Gasteiger partial charge < -0.3 is 9.64 Å². The molecule has 3 aliphatic rings. The Morgan fingerprint density at radius 3 is 2.38 bits per heavy atom. The average Bonchev–Trinajstić information content (AvgIpc) is 3.32. The number of hydrogen-bond donors (Lipinski definition) is 0. The van der Waals surface area contributed by atoms with E-state index in [4.69, 9.17) is 4.74 Å². The van der Waals surface area contributed by atoms with Crippen LogP contribution < -0.4 is 4.74 Å². The molecule has 2 aromatic rings.